The Hall–Kier alpha value is -1.02. The van der Waals surface area contributed by atoms with E-state index in [1.54, 1.807) is 7.11 Å². The van der Waals surface area contributed by atoms with Gasteiger partial charge < -0.3 is 10.1 Å². The Bertz CT molecular complexity index is 459. The van der Waals surface area contributed by atoms with Crippen LogP contribution in [0.25, 0.3) is 0 Å². The van der Waals surface area contributed by atoms with Crippen LogP contribution in [0, 0.1) is 18.3 Å². The van der Waals surface area contributed by atoms with Gasteiger partial charge in [0.1, 0.15) is 5.75 Å². The average molecular weight is 291 g/mol. The summed E-state index contributed by atoms with van der Waals surface area (Å²) in [4.78, 5) is 0. The average Bonchev–Trinajstić information content (AvgIpc) is 2.36. The molecule has 0 aromatic heterocycles. The minimum absolute atomic E-state index is 0.146. The second-order valence-corrected chi connectivity index (χ2v) is 7.90. The van der Waals surface area contributed by atoms with Crippen molar-refractivity contribution in [3.63, 3.8) is 0 Å². The minimum Gasteiger partial charge on any atom is -0.496 e. The van der Waals surface area contributed by atoms with Crippen molar-refractivity contribution in [2.45, 2.75) is 60.4 Å². The molecule has 1 aromatic carbocycles. The summed E-state index contributed by atoms with van der Waals surface area (Å²) < 4.78 is 5.55. The van der Waals surface area contributed by atoms with Crippen molar-refractivity contribution in [2.24, 2.45) is 11.3 Å². The lowest BCUT2D eigenvalue weighted by atomic mass is 9.73. The quantitative estimate of drug-likeness (QED) is 0.827. The van der Waals surface area contributed by atoms with Gasteiger partial charge in [0.25, 0.3) is 0 Å². The van der Waals surface area contributed by atoms with E-state index in [1.165, 1.54) is 11.1 Å². The van der Waals surface area contributed by atoms with Gasteiger partial charge in [0.2, 0.25) is 0 Å². The molecule has 0 spiro atoms. The number of hydrogen-bond acceptors (Lipinski definition) is 2. The molecule has 0 bridgehead atoms. The molecule has 0 aliphatic rings. The van der Waals surface area contributed by atoms with Gasteiger partial charge in [-0.3, -0.25) is 0 Å². The van der Waals surface area contributed by atoms with Crippen LogP contribution in [-0.4, -0.2) is 19.2 Å². The third-order valence-corrected chi connectivity index (χ3v) is 4.45. The van der Waals surface area contributed by atoms with Gasteiger partial charge >= 0.3 is 0 Å². The van der Waals surface area contributed by atoms with Crippen molar-refractivity contribution < 1.29 is 4.74 Å². The Kier molecular flexibility index (Phi) is 5.86. The Labute approximate surface area is 131 Å². The third-order valence-electron chi connectivity index (χ3n) is 4.45. The lowest BCUT2D eigenvalue weighted by Crippen LogP contribution is -2.45. The fourth-order valence-electron chi connectivity index (χ4n) is 2.42. The molecule has 21 heavy (non-hydrogen) atoms. The van der Waals surface area contributed by atoms with Crippen LogP contribution < -0.4 is 10.1 Å². The largest absolute Gasteiger partial charge is 0.496 e. The molecule has 0 saturated heterocycles. The summed E-state index contributed by atoms with van der Waals surface area (Å²) in [5, 5.41) is 3.68. The maximum absolute atomic E-state index is 5.55. The molecule has 0 radical (unpaired) electrons. The van der Waals surface area contributed by atoms with Gasteiger partial charge in [-0.25, -0.2) is 0 Å². The number of methoxy groups -OCH3 is 1. The molecule has 1 atom stereocenters. The molecule has 0 heterocycles. The van der Waals surface area contributed by atoms with Crippen molar-refractivity contribution in [2.75, 3.05) is 13.7 Å². The summed E-state index contributed by atoms with van der Waals surface area (Å²) in [5.74, 6) is 1.60. The van der Waals surface area contributed by atoms with Crippen molar-refractivity contribution in [3.8, 4) is 5.75 Å². The first-order valence-corrected chi connectivity index (χ1v) is 7.96. The molecule has 0 saturated carbocycles. The SMILES string of the molecule is COc1ccc(C)cc1CC(C)(CNC(C)(C)C)C(C)C. The smallest absolute Gasteiger partial charge is 0.122 e. The van der Waals surface area contributed by atoms with Gasteiger partial charge in [0.05, 0.1) is 7.11 Å². The summed E-state index contributed by atoms with van der Waals surface area (Å²) in [6, 6.07) is 6.46. The normalized spacial score (nSPS) is 15.1. The van der Waals surface area contributed by atoms with Gasteiger partial charge in [-0.05, 0) is 57.1 Å². The zero-order chi connectivity index (χ0) is 16.3. The van der Waals surface area contributed by atoms with E-state index >= 15 is 0 Å². The Morgan fingerprint density at radius 3 is 2.24 bits per heavy atom. The van der Waals surface area contributed by atoms with Crippen LogP contribution in [-0.2, 0) is 6.42 Å². The van der Waals surface area contributed by atoms with Gasteiger partial charge in [0, 0.05) is 12.1 Å². The first-order valence-electron chi connectivity index (χ1n) is 7.96. The molecule has 1 N–H and O–H groups in total. The molecule has 120 valence electrons. The van der Waals surface area contributed by atoms with Crippen molar-refractivity contribution in [3.05, 3.63) is 29.3 Å². The number of hydrogen-bond donors (Lipinski definition) is 1. The highest BCUT2D eigenvalue weighted by Gasteiger charge is 2.31. The van der Waals surface area contributed by atoms with Crippen LogP contribution >= 0.6 is 0 Å². The zero-order valence-electron chi connectivity index (χ0n) is 15.1. The van der Waals surface area contributed by atoms with Gasteiger partial charge in [0.15, 0.2) is 0 Å². The molecule has 0 fully saturated rings. The standard InChI is InChI=1S/C19H33NO/c1-14(2)19(7,13-20-18(4,5)6)12-16-11-15(3)9-10-17(16)21-8/h9-11,14,20H,12-13H2,1-8H3. The Morgan fingerprint density at radius 2 is 1.76 bits per heavy atom. The highest BCUT2D eigenvalue weighted by Crippen LogP contribution is 2.34. The third kappa shape index (κ3) is 5.35. The van der Waals surface area contributed by atoms with Gasteiger partial charge in [-0.1, -0.05) is 38.5 Å². The van der Waals surface area contributed by atoms with E-state index in [-0.39, 0.29) is 11.0 Å². The zero-order valence-corrected chi connectivity index (χ0v) is 15.1. The number of aryl methyl sites for hydroxylation is 1. The summed E-state index contributed by atoms with van der Waals surface area (Å²) in [6.07, 6.45) is 1.03. The van der Waals surface area contributed by atoms with E-state index in [2.05, 4.69) is 72.0 Å². The van der Waals surface area contributed by atoms with Crippen LogP contribution in [0.3, 0.4) is 0 Å². The van der Waals surface area contributed by atoms with E-state index < -0.39 is 0 Å². The minimum atomic E-state index is 0.146. The molecule has 1 unspecified atom stereocenters. The molecule has 0 amide bonds. The van der Waals surface area contributed by atoms with Crippen LogP contribution in [0.5, 0.6) is 5.75 Å². The van der Waals surface area contributed by atoms with Crippen LogP contribution in [0.4, 0.5) is 0 Å². The Balaban J connectivity index is 3.00. The molecule has 0 aliphatic carbocycles. The second-order valence-electron chi connectivity index (χ2n) is 7.90. The van der Waals surface area contributed by atoms with E-state index in [0.29, 0.717) is 5.92 Å². The monoisotopic (exact) mass is 291 g/mol. The number of ether oxygens (including phenoxy) is 1. The maximum Gasteiger partial charge on any atom is 0.122 e. The molecule has 1 aromatic rings. The highest BCUT2D eigenvalue weighted by atomic mass is 16.5. The molecule has 1 rings (SSSR count). The summed E-state index contributed by atoms with van der Waals surface area (Å²) in [6.45, 7) is 16.8. The fourth-order valence-corrected chi connectivity index (χ4v) is 2.42. The van der Waals surface area contributed by atoms with Crippen molar-refractivity contribution >= 4 is 0 Å². The second kappa shape index (κ2) is 6.83. The van der Waals surface area contributed by atoms with Crippen LogP contribution in [0.15, 0.2) is 18.2 Å². The molecular weight excluding hydrogens is 258 g/mol. The summed E-state index contributed by atoms with van der Waals surface area (Å²) in [5.41, 5.74) is 2.95. The highest BCUT2D eigenvalue weighted by molar-refractivity contribution is 5.37. The van der Waals surface area contributed by atoms with E-state index in [9.17, 15) is 0 Å². The number of benzene rings is 1. The van der Waals surface area contributed by atoms with Gasteiger partial charge in [-0.15, -0.1) is 0 Å². The Morgan fingerprint density at radius 1 is 1.14 bits per heavy atom. The first-order chi connectivity index (χ1) is 9.57. The molecule has 2 nitrogen and oxygen atoms in total. The van der Waals surface area contributed by atoms with Crippen molar-refractivity contribution in [1.29, 1.82) is 0 Å². The van der Waals surface area contributed by atoms with Crippen LogP contribution in [0.1, 0.15) is 52.7 Å². The van der Waals surface area contributed by atoms with E-state index in [0.717, 1.165) is 18.7 Å². The number of nitrogens with one attached hydrogen (secondary N) is 1. The topological polar surface area (TPSA) is 21.3 Å². The molecule has 2 heteroatoms. The predicted molar refractivity (Wildman–Crippen MR) is 92.1 cm³/mol. The molecule has 0 aliphatic heterocycles. The fraction of sp³-hybridized carbons (Fsp3) is 0.684. The van der Waals surface area contributed by atoms with E-state index in [1.807, 2.05) is 0 Å². The summed E-state index contributed by atoms with van der Waals surface area (Å²) in [7, 11) is 1.76. The number of rotatable bonds is 6. The van der Waals surface area contributed by atoms with E-state index in [4.69, 9.17) is 4.74 Å². The first kappa shape index (κ1) is 18.0. The van der Waals surface area contributed by atoms with Crippen molar-refractivity contribution in [1.82, 2.24) is 5.32 Å². The van der Waals surface area contributed by atoms with Crippen LogP contribution in [0.2, 0.25) is 0 Å². The molecular formula is C19H33NO. The lowest BCUT2D eigenvalue weighted by molar-refractivity contribution is 0.186. The lowest BCUT2D eigenvalue weighted by Gasteiger charge is -2.37. The summed E-state index contributed by atoms with van der Waals surface area (Å²) >= 11 is 0. The predicted octanol–water partition coefficient (Wildman–Crippen LogP) is 4.60. The van der Waals surface area contributed by atoms with Gasteiger partial charge in [-0.2, -0.15) is 0 Å². The maximum atomic E-state index is 5.55.